The molecule has 0 bridgehead atoms. The second-order valence-corrected chi connectivity index (χ2v) is 18.0. The summed E-state index contributed by atoms with van der Waals surface area (Å²) in [6.07, 6.45) is -2.06. The molecule has 0 aliphatic carbocycles. The molecule has 0 saturated heterocycles. The fourth-order valence-corrected chi connectivity index (χ4v) is 7.26. The van der Waals surface area contributed by atoms with Gasteiger partial charge in [-0.1, -0.05) is 46.2 Å². The van der Waals surface area contributed by atoms with E-state index in [1.807, 2.05) is 0 Å². The number of nitrogens with two attached hydrogens (primary N) is 2. The Balaban J connectivity index is 2.53. The lowest BCUT2D eigenvalue weighted by atomic mass is 9.97. The van der Waals surface area contributed by atoms with Crippen molar-refractivity contribution in [2.24, 2.45) is 28.3 Å². The minimum atomic E-state index is -1.79. The smallest absolute Gasteiger partial charge is 0.326 e. The Morgan fingerprint density at radius 2 is 1.09 bits per heavy atom. The summed E-state index contributed by atoms with van der Waals surface area (Å²) >= 11 is 0. The first-order chi connectivity index (χ1) is 35.0. The van der Waals surface area contributed by atoms with Crippen LogP contribution in [0.2, 0.25) is 0 Å². The van der Waals surface area contributed by atoms with Crippen LogP contribution >= 0.6 is 0 Å². The Kier molecular flexibility index (Phi) is 24.8. The summed E-state index contributed by atoms with van der Waals surface area (Å²) in [6, 6.07) is -4.39. The van der Waals surface area contributed by atoms with E-state index in [4.69, 9.17) is 11.5 Å². The Hall–Kier alpha value is -8.66. The number of aromatic hydroxyl groups is 2. The Morgan fingerprint density at radius 1 is 0.627 bits per heavy atom. The van der Waals surface area contributed by atoms with Gasteiger partial charge in [0.05, 0.1) is 9.85 Å². The lowest BCUT2D eigenvalue weighted by molar-refractivity contribution is -0.386. The summed E-state index contributed by atoms with van der Waals surface area (Å²) in [4.78, 5) is 145. The number of nitrogens with zero attached hydrogens (tertiary/aromatic N) is 3. The van der Waals surface area contributed by atoms with Gasteiger partial charge in [-0.2, -0.15) is 0 Å². The molecule has 2 aromatic rings. The molecule has 0 aliphatic rings. The van der Waals surface area contributed by atoms with Gasteiger partial charge in [0.25, 0.3) is 0 Å². The van der Waals surface area contributed by atoms with Gasteiger partial charge in [-0.15, -0.1) is 0 Å². The van der Waals surface area contributed by atoms with E-state index in [9.17, 15) is 83.8 Å². The van der Waals surface area contributed by atoms with Crippen LogP contribution in [0.5, 0.6) is 11.5 Å². The molecule has 29 heteroatoms. The van der Waals surface area contributed by atoms with E-state index in [1.165, 1.54) is 19.1 Å². The van der Waals surface area contributed by atoms with Crippen LogP contribution in [-0.4, -0.2) is 138 Å². The number of nitro groups is 2. The fourth-order valence-electron chi connectivity index (χ4n) is 7.26. The summed E-state index contributed by atoms with van der Waals surface area (Å²) in [6.45, 7) is 8.98. The van der Waals surface area contributed by atoms with Gasteiger partial charge in [0.1, 0.15) is 42.3 Å². The van der Waals surface area contributed by atoms with E-state index in [-0.39, 0.29) is 61.7 Å². The van der Waals surface area contributed by atoms with Crippen molar-refractivity contribution in [1.29, 1.82) is 0 Å². The first-order valence-electron chi connectivity index (χ1n) is 23.6. The number of nitro benzene ring substituents is 2. The maximum atomic E-state index is 14.4. The van der Waals surface area contributed by atoms with Crippen LogP contribution in [0.3, 0.4) is 0 Å². The third-order valence-corrected chi connectivity index (χ3v) is 11.4. The Morgan fingerprint density at radius 3 is 1.55 bits per heavy atom. The van der Waals surface area contributed by atoms with Gasteiger partial charge < -0.3 is 69.1 Å². The Labute approximate surface area is 429 Å². The molecular formula is C46H66N12O17. The monoisotopic (exact) mass is 1060 g/mol. The third kappa shape index (κ3) is 21.1. The average molecular weight is 1060 g/mol. The zero-order valence-corrected chi connectivity index (χ0v) is 42.1. The number of aliphatic carboxylic acids is 2. The summed E-state index contributed by atoms with van der Waals surface area (Å²) < 4.78 is 0. The topological polar surface area (TPSA) is 469 Å². The van der Waals surface area contributed by atoms with Crippen LogP contribution in [0, 0.1) is 32.1 Å². The van der Waals surface area contributed by atoms with Crippen LogP contribution in [0.15, 0.2) is 41.4 Å². The Bertz CT molecular complexity index is 2470. The summed E-state index contributed by atoms with van der Waals surface area (Å²) in [5.41, 5.74) is 9.23. The standard InChI is InChI=1S/C46H66N12O17/c1-7-23(4)38(44(69)50-24(5)39(64)53-29(45(70)71)9-8-16-49-46(47)48)56-40(65)28(12-15-37(62)63)52-43(68)32(19-27-11-14-36(61)34(21-27)58(74)75)55-41(66)30(17-22(2)3)54-42(67)31(51-25(6)59)18-26-10-13-35(60)33(20-26)57(72)73/h10-11,13-14,20-24,28-32,38,60-61H,7-9,12,15-19H2,1-6H3,(H,50,69)(H,51,59)(H,52,68)(H,53,64)(H,54,67)(H,55,66)(H,56,65)(H,62,63)(H,70,71)(H4,47,48,49)/t23-,24-,28-,29-,30-,31-,32-,38-/m0/s1. The van der Waals surface area contributed by atoms with Gasteiger partial charge in [0.2, 0.25) is 41.4 Å². The number of carboxylic acids is 2. The highest BCUT2D eigenvalue weighted by Gasteiger charge is 2.36. The van der Waals surface area contributed by atoms with E-state index in [1.54, 1.807) is 27.7 Å². The predicted molar refractivity (Wildman–Crippen MR) is 265 cm³/mol. The molecule has 2 aromatic carbocycles. The molecule has 29 nitrogen and oxygen atoms in total. The maximum Gasteiger partial charge on any atom is 0.326 e. The molecule has 0 aliphatic heterocycles. The molecular weight excluding hydrogens is 993 g/mol. The van der Waals surface area contributed by atoms with Crippen molar-refractivity contribution in [3.63, 3.8) is 0 Å². The molecule has 7 amide bonds. The second-order valence-electron chi connectivity index (χ2n) is 18.0. The number of carboxylic acid groups (broad SMARTS) is 2. The quantitative estimate of drug-likeness (QED) is 0.0145. The van der Waals surface area contributed by atoms with E-state index >= 15 is 0 Å². The number of guanidine groups is 1. The van der Waals surface area contributed by atoms with Gasteiger partial charge in [-0.3, -0.25) is 63.6 Å². The number of nitrogens with one attached hydrogen (secondary N) is 7. The van der Waals surface area contributed by atoms with Crippen molar-refractivity contribution in [3.8, 4) is 11.5 Å². The molecule has 8 atom stereocenters. The largest absolute Gasteiger partial charge is 0.502 e. The minimum absolute atomic E-state index is 0.0167. The fraction of sp³-hybridized carbons (Fsp3) is 0.522. The van der Waals surface area contributed by atoms with Crippen molar-refractivity contribution < 1.29 is 73.4 Å². The molecule has 0 fully saturated rings. The van der Waals surface area contributed by atoms with E-state index < -0.39 is 153 Å². The lowest BCUT2D eigenvalue weighted by Crippen LogP contribution is -2.61. The number of rotatable bonds is 31. The number of phenols is 2. The molecule has 412 valence electrons. The molecule has 0 heterocycles. The molecule has 2 rings (SSSR count). The second kappa shape index (κ2) is 29.8. The number of aliphatic imine (C=N–C) groups is 1. The van der Waals surface area contributed by atoms with Crippen molar-refractivity contribution >= 4 is 70.6 Å². The molecule has 0 saturated carbocycles. The highest BCUT2D eigenvalue weighted by molar-refractivity contribution is 5.97. The molecule has 75 heavy (non-hydrogen) atoms. The van der Waals surface area contributed by atoms with Crippen LogP contribution in [-0.2, 0) is 56.0 Å². The molecule has 0 radical (unpaired) electrons. The van der Waals surface area contributed by atoms with Crippen LogP contribution in [0.25, 0.3) is 0 Å². The minimum Gasteiger partial charge on any atom is -0.502 e. The summed E-state index contributed by atoms with van der Waals surface area (Å²) in [5.74, 6) is -12.3. The molecule has 15 N–H and O–H groups in total. The van der Waals surface area contributed by atoms with Gasteiger partial charge in [0.15, 0.2) is 17.5 Å². The van der Waals surface area contributed by atoms with Gasteiger partial charge in [-0.25, -0.2) is 4.79 Å². The summed E-state index contributed by atoms with van der Waals surface area (Å²) in [7, 11) is 0. The zero-order valence-electron chi connectivity index (χ0n) is 42.1. The number of phenolic OH excluding ortho intramolecular Hbond substituents is 2. The number of amides is 7. The van der Waals surface area contributed by atoms with E-state index in [2.05, 4.69) is 42.2 Å². The maximum absolute atomic E-state index is 14.4. The number of hydrogen-bond donors (Lipinski definition) is 13. The van der Waals surface area contributed by atoms with E-state index in [0.29, 0.717) is 0 Å². The number of benzene rings is 2. The first kappa shape index (κ1) is 62.5. The average Bonchev–Trinajstić information content (AvgIpc) is 3.31. The highest BCUT2D eigenvalue weighted by atomic mass is 16.6. The normalized spacial score (nSPS) is 14.1. The van der Waals surface area contributed by atoms with Crippen LogP contribution in [0.4, 0.5) is 11.4 Å². The van der Waals surface area contributed by atoms with Gasteiger partial charge >= 0.3 is 23.3 Å². The third-order valence-electron chi connectivity index (χ3n) is 11.4. The van der Waals surface area contributed by atoms with Crippen molar-refractivity contribution in [1.82, 2.24) is 37.2 Å². The predicted octanol–water partition coefficient (Wildman–Crippen LogP) is -0.772. The van der Waals surface area contributed by atoms with Crippen molar-refractivity contribution in [2.45, 2.75) is 135 Å². The highest BCUT2D eigenvalue weighted by Crippen LogP contribution is 2.28. The van der Waals surface area contributed by atoms with Gasteiger partial charge in [-0.05, 0) is 67.7 Å². The lowest BCUT2D eigenvalue weighted by Gasteiger charge is -2.29. The summed E-state index contributed by atoms with van der Waals surface area (Å²) in [5, 5.41) is 79.6. The zero-order chi connectivity index (χ0) is 56.9. The van der Waals surface area contributed by atoms with Crippen molar-refractivity contribution in [2.75, 3.05) is 6.54 Å². The van der Waals surface area contributed by atoms with E-state index in [0.717, 1.165) is 31.2 Å². The van der Waals surface area contributed by atoms with Crippen molar-refractivity contribution in [3.05, 3.63) is 67.8 Å². The van der Waals surface area contributed by atoms with Crippen LogP contribution < -0.4 is 48.7 Å². The van der Waals surface area contributed by atoms with Gasteiger partial charge in [0, 0.05) is 44.9 Å². The molecule has 0 unspecified atom stereocenters. The first-order valence-corrected chi connectivity index (χ1v) is 23.6. The molecule has 0 aromatic heterocycles. The number of hydrogen-bond acceptors (Lipinski definition) is 16. The SMILES string of the molecule is CC[C@H](C)[C@H](NC(=O)[C@H](CCC(=O)O)NC(=O)[C@H](Cc1ccc(O)c([N+](=O)[O-])c1)NC(=O)[C@H](CC(C)C)NC(=O)[C@H](Cc1ccc(O)c([N+](=O)[O-])c1)NC(C)=O)C(=O)N[C@@H](C)C(=O)N[C@@H](CCCN=C(N)N)C(=O)O. The van der Waals surface area contributed by atoms with Crippen LogP contribution in [0.1, 0.15) is 91.2 Å². The molecule has 0 spiro atoms. The number of carbonyl (C=O) groups is 9. The number of carbonyl (C=O) groups excluding carboxylic acids is 7.